The fourth-order valence-electron chi connectivity index (χ4n) is 3.25. The summed E-state index contributed by atoms with van der Waals surface area (Å²) in [6.07, 6.45) is 0. The van der Waals surface area contributed by atoms with Gasteiger partial charge in [-0.3, -0.25) is 19.4 Å². The molecule has 10 heteroatoms. The van der Waals surface area contributed by atoms with E-state index in [1.165, 1.54) is 11.1 Å². The van der Waals surface area contributed by atoms with E-state index in [-0.39, 0.29) is 6.54 Å². The van der Waals surface area contributed by atoms with Crippen LogP contribution in [-0.2, 0) is 14.4 Å². The number of ether oxygens (including phenoxy) is 1. The molecule has 0 aromatic heterocycles. The first-order chi connectivity index (χ1) is 14.0. The average molecular weight is 414 g/mol. The second kappa shape index (κ2) is 7.51. The first kappa shape index (κ1) is 18.9. The number of nitrogens with one attached hydrogen (secondary N) is 1. The van der Waals surface area contributed by atoms with E-state index in [1.807, 2.05) is 0 Å². The van der Waals surface area contributed by atoms with E-state index in [0.717, 1.165) is 4.90 Å². The Labute approximate surface area is 170 Å². The van der Waals surface area contributed by atoms with Crippen LogP contribution in [-0.4, -0.2) is 48.5 Å². The lowest BCUT2D eigenvalue weighted by Gasteiger charge is -2.20. The molecule has 0 saturated carbocycles. The fourth-order valence-corrected chi connectivity index (χ4v) is 3.43. The minimum atomic E-state index is -0.977. The number of carbonyl (C=O) groups excluding carboxylic acids is 3. The summed E-state index contributed by atoms with van der Waals surface area (Å²) in [4.78, 5) is 39.0. The van der Waals surface area contributed by atoms with Gasteiger partial charge >= 0.3 is 0 Å². The monoisotopic (exact) mass is 413 g/mol. The van der Waals surface area contributed by atoms with E-state index in [0.29, 0.717) is 22.1 Å². The standard InChI is InChI=1S/C19H16ClN5O4/c1-29-14-7-5-12(6-8-14)21-15(26)10-24-17-16(22-23-24)18(27)25(19(17)28)13-4-2-3-11(20)9-13/h2-9,16-17H,10H2,1H3,(H,21,26). The maximum Gasteiger partial charge on any atom is 0.263 e. The van der Waals surface area contributed by atoms with E-state index in [1.54, 1.807) is 49.6 Å². The molecule has 2 atom stereocenters. The molecule has 4 rings (SSSR count). The van der Waals surface area contributed by atoms with Crippen molar-refractivity contribution < 1.29 is 19.1 Å². The molecule has 2 heterocycles. The normalized spacial score (nSPS) is 20.2. The Morgan fingerprint density at radius 3 is 2.62 bits per heavy atom. The highest BCUT2D eigenvalue weighted by Gasteiger charge is 2.55. The van der Waals surface area contributed by atoms with E-state index in [9.17, 15) is 14.4 Å². The van der Waals surface area contributed by atoms with Crippen molar-refractivity contribution in [3.05, 3.63) is 53.6 Å². The third-order valence-corrected chi connectivity index (χ3v) is 4.84. The second-order valence-electron chi connectivity index (χ2n) is 6.46. The second-order valence-corrected chi connectivity index (χ2v) is 6.90. The van der Waals surface area contributed by atoms with E-state index < -0.39 is 29.8 Å². The number of carbonyl (C=O) groups is 3. The van der Waals surface area contributed by atoms with E-state index in [4.69, 9.17) is 16.3 Å². The van der Waals surface area contributed by atoms with Gasteiger partial charge in [-0.15, -0.1) is 0 Å². The Kier molecular flexibility index (Phi) is 4.89. The van der Waals surface area contributed by atoms with Crippen molar-refractivity contribution in [2.45, 2.75) is 12.1 Å². The van der Waals surface area contributed by atoms with Gasteiger partial charge in [-0.1, -0.05) is 22.9 Å². The zero-order chi connectivity index (χ0) is 20.5. The summed E-state index contributed by atoms with van der Waals surface area (Å²) in [5, 5.41) is 12.1. The van der Waals surface area contributed by atoms with Crippen molar-refractivity contribution in [1.29, 1.82) is 0 Å². The van der Waals surface area contributed by atoms with Gasteiger partial charge in [0.15, 0.2) is 12.1 Å². The fraction of sp³-hybridized carbons (Fsp3) is 0.211. The molecule has 0 spiro atoms. The SMILES string of the molecule is COc1ccc(NC(=O)CN2N=NC3C(=O)N(c4cccc(Cl)c4)C(=O)C32)cc1. The van der Waals surface area contributed by atoms with Gasteiger partial charge < -0.3 is 10.1 Å². The summed E-state index contributed by atoms with van der Waals surface area (Å²) < 4.78 is 5.07. The maximum absolute atomic E-state index is 12.9. The van der Waals surface area contributed by atoms with Crippen molar-refractivity contribution in [3.8, 4) is 5.75 Å². The van der Waals surface area contributed by atoms with Gasteiger partial charge in [-0.05, 0) is 42.5 Å². The van der Waals surface area contributed by atoms with Crippen LogP contribution in [0.3, 0.4) is 0 Å². The molecule has 1 saturated heterocycles. The molecule has 2 aliphatic heterocycles. The molecule has 2 aromatic carbocycles. The molecule has 0 bridgehead atoms. The first-order valence-electron chi connectivity index (χ1n) is 8.72. The third-order valence-electron chi connectivity index (χ3n) is 4.60. The van der Waals surface area contributed by atoms with Crippen LogP contribution in [0.15, 0.2) is 58.9 Å². The van der Waals surface area contributed by atoms with Gasteiger partial charge in [-0.2, -0.15) is 5.11 Å². The number of rotatable bonds is 5. The number of hydrogen-bond acceptors (Lipinski definition) is 7. The number of benzene rings is 2. The van der Waals surface area contributed by atoms with Crippen molar-refractivity contribution in [1.82, 2.24) is 5.01 Å². The number of imide groups is 1. The number of amides is 3. The minimum Gasteiger partial charge on any atom is -0.497 e. The predicted octanol–water partition coefficient (Wildman–Crippen LogP) is 2.28. The molecule has 2 aromatic rings. The van der Waals surface area contributed by atoms with Crippen molar-refractivity contribution >= 4 is 40.7 Å². The number of nitrogens with zero attached hydrogens (tertiary/aromatic N) is 4. The topological polar surface area (TPSA) is 104 Å². The Bertz CT molecular complexity index is 1010. The molecule has 0 radical (unpaired) electrons. The number of fused-ring (bicyclic) bond motifs is 1. The minimum absolute atomic E-state index is 0.223. The largest absolute Gasteiger partial charge is 0.497 e. The van der Waals surface area contributed by atoms with Crippen molar-refractivity contribution in [2.24, 2.45) is 10.3 Å². The van der Waals surface area contributed by atoms with Gasteiger partial charge in [0, 0.05) is 10.7 Å². The van der Waals surface area contributed by atoms with E-state index >= 15 is 0 Å². The average Bonchev–Trinajstić information content (AvgIpc) is 3.22. The molecule has 2 aliphatic rings. The maximum atomic E-state index is 12.9. The lowest BCUT2D eigenvalue weighted by molar-refractivity contribution is -0.123. The van der Waals surface area contributed by atoms with Gasteiger partial charge in [0.1, 0.15) is 12.3 Å². The lowest BCUT2D eigenvalue weighted by atomic mass is 10.1. The molecule has 2 unspecified atom stereocenters. The first-order valence-corrected chi connectivity index (χ1v) is 9.10. The summed E-state index contributed by atoms with van der Waals surface area (Å²) in [7, 11) is 1.55. The number of methoxy groups -OCH3 is 1. The highest BCUT2D eigenvalue weighted by Crippen LogP contribution is 2.32. The highest BCUT2D eigenvalue weighted by atomic mass is 35.5. The van der Waals surface area contributed by atoms with Crippen LogP contribution in [0.25, 0.3) is 0 Å². The van der Waals surface area contributed by atoms with Gasteiger partial charge in [0.05, 0.1) is 12.8 Å². The Morgan fingerprint density at radius 1 is 1.17 bits per heavy atom. The summed E-state index contributed by atoms with van der Waals surface area (Å²) in [5.41, 5.74) is 0.928. The summed E-state index contributed by atoms with van der Waals surface area (Å²) in [6.45, 7) is -0.223. The molecule has 1 N–H and O–H groups in total. The van der Waals surface area contributed by atoms with Crippen molar-refractivity contribution in [2.75, 3.05) is 23.9 Å². The Balaban J connectivity index is 1.46. The molecular formula is C19H16ClN5O4. The molecule has 0 aliphatic carbocycles. The molecule has 29 heavy (non-hydrogen) atoms. The number of halogens is 1. The van der Waals surface area contributed by atoms with Crippen LogP contribution >= 0.6 is 11.6 Å². The van der Waals surface area contributed by atoms with Crippen LogP contribution in [0, 0.1) is 0 Å². The van der Waals surface area contributed by atoms with E-state index in [2.05, 4.69) is 15.7 Å². The molecular weight excluding hydrogens is 398 g/mol. The summed E-state index contributed by atoms with van der Waals surface area (Å²) >= 11 is 5.97. The van der Waals surface area contributed by atoms with Gasteiger partial charge in [-0.25, -0.2) is 4.90 Å². The quantitative estimate of drug-likeness (QED) is 0.757. The Hall–Kier alpha value is -3.46. The third kappa shape index (κ3) is 3.52. The van der Waals surface area contributed by atoms with Gasteiger partial charge in [0.2, 0.25) is 5.91 Å². The van der Waals surface area contributed by atoms with Crippen LogP contribution in [0.5, 0.6) is 5.75 Å². The van der Waals surface area contributed by atoms with Crippen LogP contribution in [0.1, 0.15) is 0 Å². The zero-order valence-electron chi connectivity index (χ0n) is 15.3. The van der Waals surface area contributed by atoms with Gasteiger partial charge in [0.25, 0.3) is 11.8 Å². The molecule has 9 nitrogen and oxygen atoms in total. The summed E-state index contributed by atoms with van der Waals surface area (Å²) in [6, 6.07) is 11.3. The number of anilines is 2. The van der Waals surface area contributed by atoms with Crippen molar-refractivity contribution in [3.63, 3.8) is 0 Å². The van der Waals surface area contributed by atoms with Crippen LogP contribution in [0.2, 0.25) is 5.02 Å². The smallest absolute Gasteiger partial charge is 0.263 e. The predicted molar refractivity (Wildman–Crippen MR) is 105 cm³/mol. The zero-order valence-corrected chi connectivity index (χ0v) is 16.0. The summed E-state index contributed by atoms with van der Waals surface area (Å²) in [5.74, 6) is -0.722. The Morgan fingerprint density at radius 2 is 1.93 bits per heavy atom. The molecule has 148 valence electrons. The molecule has 3 amide bonds. The van der Waals surface area contributed by atoms with Crippen LogP contribution in [0.4, 0.5) is 11.4 Å². The number of hydrogen-bond donors (Lipinski definition) is 1. The highest BCUT2D eigenvalue weighted by molar-refractivity contribution is 6.31. The molecule has 1 fully saturated rings. The van der Waals surface area contributed by atoms with Crippen LogP contribution < -0.4 is 15.0 Å². The lowest BCUT2D eigenvalue weighted by Crippen LogP contribution is -2.43.